The zero-order chi connectivity index (χ0) is 17.6. The number of aromatic nitrogens is 2. The molecule has 6 rings (SSSR count). The third kappa shape index (κ3) is 2.85. The van der Waals surface area contributed by atoms with Crippen molar-refractivity contribution in [2.75, 3.05) is 6.54 Å². The summed E-state index contributed by atoms with van der Waals surface area (Å²) in [5.41, 5.74) is 2.29. The summed E-state index contributed by atoms with van der Waals surface area (Å²) in [5, 5.41) is 7.53. The van der Waals surface area contributed by atoms with Gasteiger partial charge >= 0.3 is 0 Å². The number of nitrogens with zero attached hydrogens (tertiary/aromatic N) is 2. The molecule has 0 saturated heterocycles. The monoisotopic (exact) mass is 349 g/mol. The van der Waals surface area contributed by atoms with Crippen molar-refractivity contribution in [2.24, 2.45) is 23.2 Å². The molecule has 4 aliphatic rings. The molecule has 0 atom stereocenters. The van der Waals surface area contributed by atoms with Crippen LogP contribution in [0.25, 0.3) is 5.69 Å². The minimum atomic E-state index is -0.0291. The Bertz CT molecular complexity index is 743. The van der Waals surface area contributed by atoms with Crippen molar-refractivity contribution in [3.8, 4) is 5.69 Å². The van der Waals surface area contributed by atoms with Crippen molar-refractivity contribution in [1.82, 2.24) is 15.1 Å². The standard InChI is InChI=1S/C22H27N3O/c26-21(22-13-17-10-18(14-22)12-19(11-17)15-22)23-8-6-16-2-4-20(5-3-16)25-9-1-7-24-25/h1-5,7,9,17-19H,6,8,10-15H2,(H,23,26). The highest BCUT2D eigenvalue weighted by molar-refractivity contribution is 5.83. The molecule has 2 aromatic rings. The Morgan fingerprint density at radius 2 is 1.73 bits per heavy atom. The van der Waals surface area contributed by atoms with Crippen LogP contribution < -0.4 is 5.32 Å². The van der Waals surface area contributed by atoms with Crippen LogP contribution in [-0.2, 0) is 11.2 Å². The summed E-state index contributed by atoms with van der Waals surface area (Å²) < 4.78 is 1.86. The second-order valence-electron chi connectivity index (χ2n) is 8.82. The summed E-state index contributed by atoms with van der Waals surface area (Å²) in [6, 6.07) is 10.4. The maximum Gasteiger partial charge on any atom is 0.226 e. The highest BCUT2D eigenvalue weighted by Gasteiger charge is 2.54. The van der Waals surface area contributed by atoms with E-state index < -0.39 is 0 Å². The van der Waals surface area contributed by atoms with Gasteiger partial charge in [-0.25, -0.2) is 4.68 Å². The Labute approximate surface area is 155 Å². The molecule has 1 amide bonds. The van der Waals surface area contributed by atoms with Crippen LogP contribution >= 0.6 is 0 Å². The topological polar surface area (TPSA) is 46.9 Å². The Balaban J connectivity index is 1.17. The maximum atomic E-state index is 13.0. The molecule has 1 aromatic carbocycles. The van der Waals surface area contributed by atoms with Gasteiger partial charge in [0, 0.05) is 24.4 Å². The Kier molecular flexibility index (Phi) is 3.87. The molecule has 4 fully saturated rings. The number of carbonyl (C=O) groups excluding carboxylic acids is 1. The second kappa shape index (κ2) is 6.26. The molecule has 0 unspecified atom stereocenters. The molecule has 4 aliphatic carbocycles. The summed E-state index contributed by atoms with van der Waals surface area (Å²) in [4.78, 5) is 13.0. The fourth-order valence-electron chi connectivity index (χ4n) is 6.13. The van der Waals surface area contributed by atoms with Gasteiger partial charge in [0.25, 0.3) is 0 Å². The predicted molar refractivity (Wildman–Crippen MR) is 101 cm³/mol. The van der Waals surface area contributed by atoms with Crippen LogP contribution in [0.1, 0.15) is 44.1 Å². The number of benzene rings is 1. The van der Waals surface area contributed by atoms with Crippen LogP contribution in [0.15, 0.2) is 42.7 Å². The zero-order valence-corrected chi connectivity index (χ0v) is 15.2. The van der Waals surface area contributed by atoms with Crippen LogP contribution in [0.4, 0.5) is 0 Å². The second-order valence-corrected chi connectivity index (χ2v) is 8.82. The van der Waals surface area contributed by atoms with E-state index in [1.54, 1.807) is 6.20 Å². The van der Waals surface area contributed by atoms with Gasteiger partial charge in [-0.1, -0.05) is 12.1 Å². The van der Waals surface area contributed by atoms with Crippen molar-refractivity contribution in [1.29, 1.82) is 0 Å². The van der Waals surface area contributed by atoms with Crippen molar-refractivity contribution >= 4 is 5.91 Å². The van der Waals surface area contributed by atoms with E-state index in [1.807, 2.05) is 16.9 Å². The van der Waals surface area contributed by atoms with Gasteiger partial charge in [-0.2, -0.15) is 5.10 Å². The highest BCUT2D eigenvalue weighted by Crippen LogP contribution is 2.60. The first-order valence-corrected chi connectivity index (χ1v) is 10.1. The van der Waals surface area contributed by atoms with Crippen LogP contribution in [-0.4, -0.2) is 22.2 Å². The molecule has 0 radical (unpaired) electrons. The highest BCUT2D eigenvalue weighted by atomic mass is 16.2. The van der Waals surface area contributed by atoms with Crippen LogP contribution in [0, 0.1) is 23.2 Å². The van der Waals surface area contributed by atoms with Crippen molar-refractivity contribution in [3.63, 3.8) is 0 Å². The molecule has 0 spiro atoms. The molecule has 136 valence electrons. The van der Waals surface area contributed by atoms with Crippen LogP contribution in [0.5, 0.6) is 0 Å². The third-order valence-corrected chi connectivity index (χ3v) is 6.92. The van der Waals surface area contributed by atoms with Crippen LogP contribution in [0.3, 0.4) is 0 Å². The van der Waals surface area contributed by atoms with E-state index in [2.05, 4.69) is 34.7 Å². The first-order chi connectivity index (χ1) is 12.7. The van der Waals surface area contributed by atoms with Crippen LogP contribution in [0.2, 0.25) is 0 Å². The largest absolute Gasteiger partial charge is 0.355 e. The molecule has 4 bridgehead atoms. The molecule has 1 N–H and O–H groups in total. The van der Waals surface area contributed by atoms with E-state index in [4.69, 9.17) is 0 Å². The van der Waals surface area contributed by atoms with Gasteiger partial charge in [0.1, 0.15) is 0 Å². The zero-order valence-electron chi connectivity index (χ0n) is 15.2. The minimum Gasteiger partial charge on any atom is -0.355 e. The smallest absolute Gasteiger partial charge is 0.226 e. The summed E-state index contributed by atoms with van der Waals surface area (Å²) in [6.45, 7) is 0.738. The van der Waals surface area contributed by atoms with E-state index in [-0.39, 0.29) is 5.41 Å². The van der Waals surface area contributed by atoms with Gasteiger partial charge < -0.3 is 5.32 Å². The number of nitrogens with one attached hydrogen (secondary N) is 1. The molecule has 4 heteroatoms. The fourth-order valence-corrected chi connectivity index (χ4v) is 6.13. The summed E-state index contributed by atoms with van der Waals surface area (Å²) >= 11 is 0. The van der Waals surface area contributed by atoms with Gasteiger partial charge in [0.05, 0.1) is 5.69 Å². The number of hydrogen-bond donors (Lipinski definition) is 1. The first-order valence-electron chi connectivity index (χ1n) is 10.1. The molecular weight excluding hydrogens is 322 g/mol. The van der Waals surface area contributed by atoms with Gasteiger partial charge in [0.2, 0.25) is 5.91 Å². The van der Waals surface area contributed by atoms with E-state index >= 15 is 0 Å². The van der Waals surface area contributed by atoms with Crippen molar-refractivity contribution < 1.29 is 4.79 Å². The van der Waals surface area contributed by atoms with E-state index in [0.717, 1.165) is 55.7 Å². The summed E-state index contributed by atoms with van der Waals surface area (Å²) in [5.74, 6) is 2.80. The minimum absolute atomic E-state index is 0.0291. The molecule has 0 aliphatic heterocycles. The Morgan fingerprint density at radius 1 is 1.08 bits per heavy atom. The van der Waals surface area contributed by atoms with Crippen molar-refractivity contribution in [3.05, 3.63) is 48.3 Å². The van der Waals surface area contributed by atoms with Gasteiger partial charge in [-0.05, 0) is 86.5 Å². The van der Waals surface area contributed by atoms with Gasteiger partial charge in [-0.3, -0.25) is 4.79 Å². The molecule has 1 heterocycles. The number of hydrogen-bond acceptors (Lipinski definition) is 2. The average molecular weight is 349 g/mol. The number of rotatable bonds is 5. The lowest BCUT2D eigenvalue weighted by atomic mass is 9.49. The average Bonchev–Trinajstić information content (AvgIpc) is 3.16. The summed E-state index contributed by atoms with van der Waals surface area (Å²) in [6.07, 6.45) is 12.2. The summed E-state index contributed by atoms with van der Waals surface area (Å²) in [7, 11) is 0. The number of amides is 1. The van der Waals surface area contributed by atoms with Crippen molar-refractivity contribution in [2.45, 2.75) is 44.9 Å². The molecule has 4 nitrogen and oxygen atoms in total. The first kappa shape index (κ1) is 16.1. The quantitative estimate of drug-likeness (QED) is 0.894. The lowest BCUT2D eigenvalue weighted by Gasteiger charge is -2.55. The van der Waals surface area contributed by atoms with Gasteiger partial charge in [0.15, 0.2) is 0 Å². The Morgan fingerprint density at radius 3 is 2.31 bits per heavy atom. The maximum absolute atomic E-state index is 13.0. The van der Waals surface area contributed by atoms with E-state index in [1.165, 1.54) is 24.8 Å². The molecule has 26 heavy (non-hydrogen) atoms. The predicted octanol–water partition coefficient (Wildman–Crippen LogP) is 3.75. The molecule has 1 aromatic heterocycles. The van der Waals surface area contributed by atoms with E-state index in [0.29, 0.717) is 5.91 Å². The normalized spacial score (nSPS) is 31.9. The van der Waals surface area contributed by atoms with Gasteiger partial charge in [-0.15, -0.1) is 0 Å². The fraction of sp³-hybridized carbons (Fsp3) is 0.545. The molecule has 4 saturated carbocycles. The third-order valence-electron chi connectivity index (χ3n) is 6.92. The number of carbonyl (C=O) groups is 1. The SMILES string of the molecule is O=C(NCCc1ccc(-n2cccn2)cc1)C12CC3CC(CC(C3)C1)C2. The lowest BCUT2D eigenvalue weighted by Crippen LogP contribution is -2.53. The Hall–Kier alpha value is -2.10. The lowest BCUT2D eigenvalue weighted by molar-refractivity contribution is -0.146. The molecular formula is C22H27N3O. The van der Waals surface area contributed by atoms with E-state index in [9.17, 15) is 4.79 Å².